The van der Waals surface area contributed by atoms with Gasteiger partial charge in [-0.1, -0.05) is 0 Å². The highest BCUT2D eigenvalue weighted by molar-refractivity contribution is 6.18. The molecule has 2 saturated heterocycles. The zero-order valence-electron chi connectivity index (χ0n) is 10.4. The van der Waals surface area contributed by atoms with E-state index in [1.54, 1.807) is 0 Å². The highest BCUT2D eigenvalue weighted by Gasteiger charge is 2.38. The van der Waals surface area contributed by atoms with Gasteiger partial charge in [-0.3, -0.25) is 4.79 Å². The second-order valence-electron chi connectivity index (χ2n) is 5.37. The number of hydrogen-bond acceptors (Lipinski definition) is 3. The lowest BCUT2D eigenvalue weighted by atomic mass is 10.0. The smallest absolute Gasteiger partial charge is 0.251 e. The lowest BCUT2D eigenvalue weighted by Gasteiger charge is -2.42. The average Bonchev–Trinajstić information content (AvgIpc) is 2.79. The van der Waals surface area contributed by atoms with E-state index in [1.165, 1.54) is 0 Å². The molecule has 2 aliphatic rings. The summed E-state index contributed by atoms with van der Waals surface area (Å²) in [5.74, 6) is 0.507. The molecule has 0 aliphatic carbocycles. The van der Waals surface area contributed by atoms with E-state index < -0.39 is 0 Å². The molecule has 1 amide bonds. The normalized spacial score (nSPS) is 32.8. The lowest BCUT2D eigenvalue weighted by molar-refractivity contribution is -0.165. The molecule has 0 saturated carbocycles. The quantitative estimate of drug-likeness (QED) is 0.706. The van der Waals surface area contributed by atoms with Gasteiger partial charge in [-0.15, -0.1) is 11.6 Å². The summed E-state index contributed by atoms with van der Waals surface area (Å²) in [6.07, 6.45) is 1.48. The maximum atomic E-state index is 12.3. The molecule has 2 rings (SSSR count). The van der Waals surface area contributed by atoms with Gasteiger partial charge in [-0.05, 0) is 26.7 Å². The Hall–Kier alpha value is -0.320. The third-order valence-corrected chi connectivity index (χ3v) is 3.51. The number of nitrogens with zero attached hydrogens (tertiary/aromatic N) is 1. The van der Waals surface area contributed by atoms with Crippen molar-refractivity contribution in [1.29, 1.82) is 0 Å². The van der Waals surface area contributed by atoms with E-state index in [-0.39, 0.29) is 23.7 Å². The molecule has 4 nitrogen and oxygen atoms in total. The first-order valence-electron chi connectivity index (χ1n) is 6.16. The first-order chi connectivity index (χ1) is 8.02. The predicted molar refractivity (Wildman–Crippen MR) is 65.2 cm³/mol. The van der Waals surface area contributed by atoms with Crippen LogP contribution in [0.5, 0.6) is 0 Å². The van der Waals surface area contributed by atoms with E-state index in [9.17, 15) is 4.79 Å². The van der Waals surface area contributed by atoms with Crippen LogP contribution in [0.15, 0.2) is 0 Å². The van der Waals surface area contributed by atoms with Crippen LogP contribution in [-0.2, 0) is 14.3 Å². The number of morpholine rings is 1. The zero-order chi connectivity index (χ0) is 12.5. The van der Waals surface area contributed by atoms with Crippen LogP contribution in [0.2, 0.25) is 0 Å². The van der Waals surface area contributed by atoms with Crippen molar-refractivity contribution < 1.29 is 14.3 Å². The van der Waals surface area contributed by atoms with Crippen LogP contribution >= 0.6 is 11.6 Å². The molecule has 98 valence electrons. The predicted octanol–water partition coefficient (Wildman–Crippen LogP) is 1.41. The molecule has 2 heterocycles. The first kappa shape index (κ1) is 13.1. The molecule has 17 heavy (non-hydrogen) atoms. The van der Waals surface area contributed by atoms with Crippen LogP contribution < -0.4 is 0 Å². The number of carbonyl (C=O) groups excluding carboxylic acids is 1. The summed E-state index contributed by atoms with van der Waals surface area (Å²) in [6.45, 7) is 5.86. The van der Waals surface area contributed by atoms with Gasteiger partial charge in [0.25, 0.3) is 5.91 Å². The van der Waals surface area contributed by atoms with Crippen LogP contribution in [-0.4, -0.2) is 54.2 Å². The number of ether oxygens (including phenoxy) is 2. The van der Waals surface area contributed by atoms with E-state index in [1.807, 2.05) is 18.7 Å². The van der Waals surface area contributed by atoms with Gasteiger partial charge in [0.15, 0.2) is 0 Å². The molecule has 0 aromatic heterocycles. The Balaban J connectivity index is 2.01. The van der Waals surface area contributed by atoms with Crippen LogP contribution in [0.3, 0.4) is 0 Å². The Labute approximate surface area is 107 Å². The van der Waals surface area contributed by atoms with Gasteiger partial charge < -0.3 is 14.4 Å². The van der Waals surface area contributed by atoms with Crippen LogP contribution in [0.1, 0.15) is 26.7 Å². The molecule has 0 N–H and O–H groups in total. The number of hydrogen-bond donors (Lipinski definition) is 0. The zero-order valence-corrected chi connectivity index (χ0v) is 11.2. The Morgan fingerprint density at radius 2 is 2.29 bits per heavy atom. The van der Waals surface area contributed by atoms with Crippen molar-refractivity contribution >= 4 is 17.5 Å². The summed E-state index contributed by atoms with van der Waals surface area (Å²) in [5, 5.41) is 0. The molecule has 0 bridgehead atoms. The van der Waals surface area contributed by atoms with Crippen molar-refractivity contribution in [3.63, 3.8) is 0 Å². The maximum Gasteiger partial charge on any atom is 0.251 e. The Morgan fingerprint density at radius 3 is 2.88 bits per heavy atom. The van der Waals surface area contributed by atoms with Gasteiger partial charge in [-0.25, -0.2) is 0 Å². The van der Waals surface area contributed by atoms with Crippen LogP contribution in [0.4, 0.5) is 0 Å². The molecule has 2 unspecified atom stereocenters. The molecule has 2 fully saturated rings. The molecule has 5 heteroatoms. The summed E-state index contributed by atoms with van der Waals surface area (Å²) in [6, 6.07) is 0. The second-order valence-corrected chi connectivity index (χ2v) is 5.68. The summed E-state index contributed by atoms with van der Waals surface area (Å²) >= 11 is 5.84. The van der Waals surface area contributed by atoms with Gasteiger partial charge in [0, 0.05) is 19.7 Å². The van der Waals surface area contributed by atoms with Crippen molar-refractivity contribution in [3.8, 4) is 0 Å². The van der Waals surface area contributed by atoms with Gasteiger partial charge in [0.05, 0.1) is 17.6 Å². The van der Waals surface area contributed by atoms with Crippen LogP contribution in [0, 0.1) is 0 Å². The highest BCUT2D eigenvalue weighted by atomic mass is 35.5. The summed E-state index contributed by atoms with van der Waals surface area (Å²) in [5.41, 5.74) is -0.327. The molecule has 2 aliphatic heterocycles. The molecule has 0 radical (unpaired) electrons. The topological polar surface area (TPSA) is 38.8 Å². The van der Waals surface area contributed by atoms with Gasteiger partial charge in [0.2, 0.25) is 0 Å². The minimum atomic E-state index is -0.327. The number of alkyl halides is 1. The van der Waals surface area contributed by atoms with E-state index >= 15 is 0 Å². The lowest BCUT2D eigenvalue weighted by Crippen LogP contribution is -2.57. The van der Waals surface area contributed by atoms with Gasteiger partial charge >= 0.3 is 0 Å². The molecular formula is C12H20ClNO3. The first-order valence-corrected chi connectivity index (χ1v) is 6.69. The van der Waals surface area contributed by atoms with Crippen LogP contribution in [0.25, 0.3) is 0 Å². The third kappa shape index (κ3) is 3.12. The van der Waals surface area contributed by atoms with E-state index in [0.29, 0.717) is 25.6 Å². The molecule has 0 spiro atoms. The maximum absolute atomic E-state index is 12.3. The van der Waals surface area contributed by atoms with Crippen molar-refractivity contribution in [2.75, 3.05) is 25.6 Å². The molecule has 0 aromatic carbocycles. The van der Waals surface area contributed by atoms with Crippen molar-refractivity contribution in [2.45, 2.75) is 44.5 Å². The largest absolute Gasteiger partial charge is 0.368 e. The second kappa shape index (κ2) is 5.12. The minimum absolute atomic E-state index is 0.0780. The Morgan fingerprint density at radius 1 is 1.53 bits per heavy atom. The summed E-state index contributed by atoms with van der Waals surface area (Å²) in [4.78, 5) is 14.1. The van der Waals surface area contributed by atoms with Crippen molar-refractivity contribution in [1.82, 2.24) is 4.90 Å². The monoisotopic (exact) mass is 261 g/mol. The Bertz CT molecular complexity index is 289. The average molecular weight is 262 g/mol. The van der Waals surface area contributed by atoms with E-state index in [4.69, 9.17) is 21.1 Å². The fourth-order valence-electron chi connectivity index (χ4n) is 2.52. The summed E-state index contributed by atoms with van der Waals surface area (Å²) < 4.78 is 11.2. The SMILES string of the molecule is CC1(C)CN(C(=O)C2CCCO2)CC(CCl)O1. The molecule has 0 aromatic rings. The van der Waals surface area contributed by atoms with E-state index in [2.05, 4.69) is 0 Å². The van der Waals surface area contributed by atoms with Gasteiger partial charge in [0.1, 0.15) is 6.10 Å². The fourth-order valence-corrected chi connectivity index (χ4v) is 2.68. The number of carbonyl (C=O) groups is 1. The third-order valence-electron chi connectivity index (χ3n) is 3.17. The van der Waals surface area contributed by atoms with Gasteiger partial charge in [-0.2, -0.15) is 0 Å². The fraction of sp³-hybridized carbons (Fsp3) is 0.917. The summed E-state index contributed by atoms with van der Waals surface area (Å²) in [7, 11) is 0. The highest BCUT2D eigenvalue weighted by Crippen LogP contribution is 2.24. The van der Waals surface area contributed by atoms with E-state index in [0.717, 1.165) is 12.8 Å². The van der Waals surface area contributed by atoms with Crippen molar-refractivity contribution in [2.24, 2.45) is 0 Å². The molecule has 2 atom stereocenters. The number of amides is 1. The Kier molecular flexibility index (Phi) is 3.95. The molecular weight excluding hydrogens is 242 g/mol. The van der Waals surface area contributed by atoms with Crippen molar-refractivity contribution in [3.05, 3.63) is 0 Å². The number of halogens is 1. The minimum Gasteiger partial charge on any atom is -0.368 e. The standard InChI is InChI=1S/C12H20ClNO3/c1-12(2)8-14(7-9(6-13)17-12)11(15)10-4-3-5-16-10/h9-10H,3-8H2,1-2H3. The number of rotatable bonds is 2.